The third-order valence-electron chi connectivity index (χ3n) is 3.76. The van der Waals surface area contributed by atoms with Gasteiger partial charge in [0.2, 0.25) is 0 Å². The molecule has 0 bridgehead atoms. The van der Waals surface area contributed by atoms with E-state index in [2.05, 4.69) is 39.8 Å². The van der Waals surface area contributed by atoms with Gasteiger partial charge in [0.15, 0.2) is 0 Å². The average Bonchev–Trinajstić information content (AvgIpc) is 2.56. The molecule has 0 aliphatic heterocycles. The Balaban J connectivity index is 0.00000139. The molecular formula is C21H29FO2. The summed E-state index contributed by atoms with van der Waals surface area (Å²) in [4.78, 5) is 0. The van der Waals surface area contributed by atoms with Gasteiger partial charge in [0, 0.05) is 12.7 Å². The van der Waals surface area contributed by atoms with Gasteiger partial charge in [-0.15, -0.1) is 0 Å². The summed E-state index contributed by atoms with van der Waals surface area (Å²) in [6.45, 7) is 8.76. The summed E-state index contributed by atoms with van der Waals surface area (Å²) in [5, 5.41) is 7.00. The Kier molecular flexibility index (Phi) is 7.43. The molecule has 0 aliphatic rings. The van der Waals surface area contributed by atoms with Crippen LogP contribution in [0.25, 0.3) is 11.1 Å². The first-order valence-electron chi connectivity index (χ1n) is 8.24. The Hall–Kier alpha value is -1.87. The van der Waals surface area contributed by atoms with Crippen LogP contribution in [-0.2, 0) is 12.8 Å². The van der Waals surface area contributed by atoms with Crippen molar-refractivity contribution >= 4 is 0 Å². The Bertz CT molecular complexity index is 657. The van der Waals surface area contributed by atoms with E-state index in [4.69, 9.17) is 9.84 Å². The van der Waals surface area contributed by atoms with E-state index in [1.54, 1.807) is 19.2 Å². The van der Waals surface area contributed by atoms with Gasteiger partial charge in [-0.05, 0) is 53.1 Å². The maximum absolute atomic E-state index is 14.3. The van der Waals surface area contributed by atoms with Crippen LogP contribution in [-0.4, -0.2) is 19.3 Å². The fourth-order valence-corrected chi connectivity index (χ4v) is 2.69. The standard InChI is InChI=1S/C20H25FO.CH4O/c1-6-14-7-9-17(15(11-14)13-20(2,3)4)18-12-16(22-5)8-10-19(18)21;1-2/h7-12H,6,13H2,1-5H3;2H,1H3. The van der Waals surface area contributed by atoms with Crippen molar-refractivity contribution in [2.75, 3.05) is 14.2 Å². The fourth-order valence-electron chi connectivity index (χ4n) is 2.69. The number of aliphatic hydroxyl groups is 1. The maximum Gasteiger partial charge on any atom is 0.131 e. The summed E-state index contributed by atoms with van der Waals surface area (Å²) in [6, 6.07) is 11.2. The molecule has 2 nitrogen and oxygen atoms in total. The summed E-state index contributed by atoms with van der Waals surface area (Å²) in [6.07, 6.45) is 1.89. The number of aryl methyl sites for hydroxylation is 1. The van der Waals surface area contributed by atoms with Crippen molar-refractivity contribution in [3.8, 4) is 16.9 Å². The van der Waals surface area contributed by atoms with E-state index in [0.717, 1.165) is 25.5 Å². The van der Waals surface area contributed by atoms with Crippen LogP contribution in [0.2, 0.25) is 0 Å². The topological polar surface area (TPSA) is 29.5 Å². The number of hydrogen-bond donors (Lipinski definition) is 1. The van der Waals surface area contributed by atoms with Crippen molar-refractivity contribution in [1.82, 2.24) is 0 Å². The van der Waals surface area contributed by atoms with Crippen LogP contribution in [0.3, 0.4) is 0 Å². The van der Waals surface area contributed by atoms with Crippen molar-refractivity contribution in [2.24, 2.45) is 5.41 Å². The highest BCUT2D eigenvalue weighted by atomic mass is 19.1. The van der Waals surface area contributed by atoms with E-state index >= 15 is 0 Å². The molecule has 2 rings (SSSR count). The van der Waals surface area contributed by atoms with Gasteiger partial charge in [0.05, 0.1) is 7.11 Å². The molecule has 0 saturated heterocycles. The van der Waals surface area contributed by atoms with Gasteiger partial charge >= 0.3 is 0 Å². The average molecular weight is 332 g/mol. The van der Waals surface area contributed by atoms with Crippen molar-refractivity contribution in [3.63, 3.8) is 0 Å². The number of rotatable bonds is 4. The van der Waals surface area contributed by atoms with Crippen LogP contribution in [0.4, 0.5) is 4.39 Å². The van der Waals surface area contributed by atoms with E-state index in [1.165, 1.54) is 17.2 Å². The Morgan fingerprint density at radius 1 is 1.00 bits per heavy atom. The molecule has 24 heavy (non-hydrogen) atoms. The summed E-state index contributed by atoms with van der Waals surface area (Å²) in [7, 11) is 2.60. The SMILES string of the molecule is CCc1ccc(-c2cc(OC)ccc2F)c(CC(C)(C)C)c1.CO. The lowest BCUT2D eigenvalue weighted by Gasteiger charge is -2.22. The molecular weight excluding hydrogens is 303 g/mol. The Morgan fingerprint density at radius 2 is 1.67 bits per heavy atom. The second-order valence-corrected chi connectivity index (χ2v) is 6.93. The van der Waals surface area contributed by atoms with E-state index in [-0.39, 0.29) is 11.2 Å². The number of halogens is 1. The van der Waals surface area contributed by atoms with Crippen LogP contribution in [0.5, 0.6) is 5.75 Å². The largest absolute Gasteiger partial charge is 0.497 e. The van der Waals surface area contributed by atoms with Gasteiger partial charge in [-0.3, -0.25) is 0 Å². The Labute approximate surface area is 145 Å². The van der Waals surface area contributed by atoms with E-state index in [1.807, 2.05) is 6.07 Å². The lowest BCUT2D eigenvalue weighted by molar-refractivity contribution is 0.399. The van der Waals surface area contributed by atoms with E-state index in [0.29, 0.717) is 11.3 Å². The molecule has 0 unspecified atom stereocenters. The number of methoxy groups -OCH3 is 1. The molecule has 0 saturated carbocycles. The summed E-state index contributed by atoms with van der Waals surface area (Å²) in [5.41, 5.74) is 4.20. The summed E-state index contributed by atoms with van der Waals surface area (Å²) >= 11 is 0. The molecule has 3 heteroatoms. The predicted octanol–water partition coefficient (Wildman–Crippen LogP) is 5.26. The first-order chi connectivity index (χ1) is 11.3. The molecule has 0 aliphatic carbocycles. The molecule has 0 aromatic heterocycles. The number of aliphatic hydroxyl groups excluding tert-OH is 1. The summed E-state index contributed by atoms with van der Waals surface area (Å²) in [5.74, 6) is 0.470. The van der Waals surface area contributed by atoms with Crippen molar-refractivity contribution in [2.45, 2.75) is 40.5 Å². The zero-order chi connectivity index (χ0) is 18.3. The zero-order valence-corrected chi connectivity index (χ0v) is 15.6. The predicted molar refractivity (Wildman–Crippen MR) is 99.1 cm³/mol. The zero-order valence-electron chi connectivity index (χ0n) is 15.6. The third-order valence-corrected chi connectivity index (χ3v) is 3.76. The van der Waals surface area contributed by atoms with Gasteiger partial charge in [0.25, 0.3) is 0 Å². The molecule has 2 aromatic rings. The van der Waals surface area contributed by atoms with Crippen LogP contribution in [0.15, 0.2) is 36.4 Å². The quantitative estimate of drug-likeness (QED) is 0.827. The molecule has 0 radical (unpaired) electrons. The number of hydrogen-bond acceptors (Lipinski definition) is 2. The number of ether oxygens (including phenoxy) is 1. The van der Waals surface area contributed by atoms with Gasteiger partial charge in [-0.1, -0.05) is 45.9 Å². The summed E-state index contributed by atoms with van der Waals surface area (Å²) < 4.78 is 19.6. The van der Waals surface area contributed by atoms with Crippen LogP contribution < -0.4 is 4.74 Å². The smallest absolute Gasteiger partial charge is 0.131 e. The second-order valence-electron chi connectivity index (χ2n) is 6.93. The van der Waals surface area contributed by atoms with Crippen molar-refractivity contribution in [3.05, 3.63) is 53.3 Å². The van der Waals surface area contributed by atoms with Gasteiger partial charge in [0.1, 0.15) is 11.6 Å². The fraction of sp³-hybridized carbons (Fsp3) is 0.429. The highest BCUT2D eigenvalue weighted by Gasteiger charge is 2.17. The molecule has 132 valence electrons. The number of benzene rings is 2. The molecule has 0 spiro atoms. The van der Waals surface area contributed by atoms with Gasteiger partial charge < -0.3 is 9.84 Å². The lowest BCUT2D eigenvalue weighted by atomic mass is 9.84. The molecule has 0 fully saturated rings. The highest BCUT2D eigenvalue weighted by Crippen LogP contribution is 2.33. The van der Waals surface area contributed by atoms with Crippen LogP contribution >= 0.6 is 0 Å². The first kappa shape index (κ1) is 20.2. The third kappa shape index (κ3) is 5.34. The Morgan fingerprint density at radius 3 is 2.21 bits per heavy atom. The minimum Gasteiger partial charge on any atom is -0.497 e. The molecule has 2 aromatic carbocycles. The van der Waals surface area contributed by atoms with Crippen LogP contribution in [0.1, 0.15) is 38.8 Å². The van der Waals surface area contributed by atoms with Crippen LogP contribution in [0, 0.1) is 11.2 Å². The van der Waals surface area contributed by atoms with Crippen molar-refractivity contribution < 1.29 is 14.2 Å². The molecule has 0 heterocycles. The normalized spacial score (nSPS) is 10.8. The van der Waals surface area contributed by atoms with E-state index < -0.39 is 0 Å². The lowest BCUT2D eigenvalue weighted by Crippen LogP contribution is -2.10. The molecule has 0 amide bonds. The van der Waals surface area contributed by atoms with E-state index in [9.17, 15) is 4.39 Å². The first-order valence-corrected chi connectivity index (χ1v) is 8.24. The monoisotopic (exact) mass is 332 g/mol. The minimum atomic E-state index is -0.208. The van der Waals surface area contributed by atoms with Gasteiger partial charge in [-0.25, -0.2) is 4.39 Å². The molecule has 0 atom stereocenters. The van der Waals surface area contributed by atoms with Crippen molar-refractivity contribution in [1.29, 1.82) is 0 Å². The minimum absolute atomic E-state index is 0.149. The maximum atomic E-state index is 14.3. The van der Waals surface area contributed by atoms with Gasteiger partial charge in [-0.2, -0.15) is 0 Å². The second kappa shape index (κ2) is 8.84. The highest BCUT2D eigenvalue weighted by molar-refractivity contribution is 5.70. The molecule has 1 N–H and O–H groups in total.